The fourth-order valence-electron chi connectivity index (χ4n) is 2.83. The molecular formula is C15H17BrN2O2. The summed E-state index contributed by atoms with van der Waals surface area (Å²) in [5.74, 6) is 0.283. The predicted octanol–water partition coefficient (Wildman–Crippen LogP) is 2.08. The van der Waals surface area contributed by atoms with Crippen LogP contribution in [0.15, 0.2) is 28.7 Å². The molecule has 20 heavy (non-hydrogen) atoms. The first-order valence-electron chi connectivity index (χ1n) is 6.84. The van der Waals surface area contributed by atoms with Gasteiger partial charge in [-0.05, 0) is 43.4 Å². The van der Waals surface area contributed by atoms with Gasteiger partial charge < -0.3 is 10.2 Å². The summed E-state index contributed by atoms with van der Waals surface area (Å²) in [4.78, 5) is 26.2. The molecule has 1 aliphatic heterocycles. The van der Waals surface area contributed by atoms with Crippen molar-refractivity contribution >= 4 is 27.7 Å². The molecule has 5 heteroatoms. The minimum Gasteiger partial charge on any atom is -0.340 e. The third kappa shape index (κ3) is 2.46. The van der Waals surface area contributed by atoms with Crippen molar-refractivity contribution in [2.75, 3.05) is 6.54 Å². The first kappa shape index (κ1) is 13.6. The van der Waals surface area contributed by atoms with Crippen LogP contribution >= 0.6 is 15.9 Å². The molecule has 1 unspecified atom stereocenters. The van der Waals surface area contributed by atoms with E-state index < -0.39 is 5.54 Å². The number of amides is 2. The van der Waals surface area contributed by atoms with Gasteiger partial charge in [0.1, 0.15) is 5.54 Å². The van der Waals surface area contributed by atoms with Gasteiger partial charge in [-0.25, -0.2) is 0 Å². The Bertz CT molecular complexity index is 553. The van der Waals surface area contributed by atoms with Gasteiger partial charge in [0.2, 0.25) is 11.8 Å². The lowest BCUT2D eigenvalue weighted by Crippen LogP contribution is -2.66. The van der Waals surface area contributed by atoms with Crippen LogP contribution in [0.2, 0.25) is 0 Å². The zero-order chi connectivity index (χ0) is 14.3. The Hall–Kier alpha value is -1.36. The van der Waals surface area contributed by atoms with E-state index in [0.29, 0.717) is 12.5 Å². The Morgan fingerprint density at radius 1 is 1.30 bits per heavy atom. The zero-order valence-electron chi connectivity index (χ0n) is 11.4. The smallest absolute Gasteiger partial charge is 0.249 e. The zero-order valence-corrected chi connectivity index (χ0v) is 12.9. The Kier molecular flexibility index (Phi) is 3.32. The van der Waals surface area contributed by atoms with E-state index in [0.717, 1.165) is 22.9 Å². The number of hydrogen-bond donors (Lipinski definition) is 1. The van der Waals surface area contributed by atoms with Crippen molar-refractivity contribution in [1.29, 1.82) is 0 Å². The highest BCUT2D eigenvalue weighted by Crippen LogP contribution is 2.41. The molecule has 2 amide bonds. The molecule has 1 aliphatic carbocycles. The highest BCUT2D eigenvalue weighted by molar-refractivity contribution is 9.10. The maximum absolute atomic E-state index is 12.6. The lowest BCUT2D eigenvalue weighted by molar-refractivity contribution is -0.150. The second kappa shape index (κ2) is 4.88. The molecule has 106 valence electrons. The van der Waals surface area contributed by atoms with Crippen LogP contribution in [0.5, 0.6) is 0 Å². The van der Waals surface area contributed by atoms with Crippen molar-refractivity contribution in [2.45, 2.75) is 31.8 Å². The van der Waals surface area contributed by atoms with Crippen LogP contribution < -0.4 is 5.32 Å². The molecule has 2 fully saturated rings. The van der Waals surface area contributed by atoms with Gasteiger partial charge >= 0.3 is 0 Å². The molecule has 1 aromatic rings. The van der Waals surface area contributed by atoms with E-state index in [1.54, 1.807) is 4.90 Å². The molecule has 1 aromatic carbocycles. The Labute approximate surface area is 126 Å². The second-order valence-corrected chi connectivity index (χ2v) is 6.73. The van der Waals surface area contributed by atoms with Crippen LogP contribution in [0.3, 0.4) is 0 Å². The summed E-state index contributed by atoms with van der Waals surface area (Å²) in [6.45, 7) is 2.50. The second-order valence-electron chi connectivity index (χ2n) is 5.81. The van der Waals surface area contributed by atoms with E-state index >= 15 is 0 Å². The van der Waals surface area contributed by atoms with Gasteiger partial charge in [0, 0.05) is 11.0 Å². The number of nitrogens with zero attached hydrogens (tertiary/aromatic N) is 1. The molecule has 2 aliphatic rings. The number of carbonyl (C=O) groups is 2. The van der Waals surface area contributed by atoms with Gasteiger partial charge in [0.05, 0.1) is 6.54 Å². The fraction of sp³-hybridized carbons (Fsp3) is 0.467. The van der Waals surface area contributed by atoms with Crippen molar-refractivity contribution in [1.82, 2.24) is 10.2 Å². The van der Waals surface area contributed by atoms with E-state index in [1.807, 2.05) is 31.2 Å². The minimum absolute atomic E-state index is 0.0440. The van der Waals surface area contributed by atoms with E-state index in [9.17, 15) is 9.59 Å². The standard InChI is InChI=1S/C15H17BrN2O2/c1-15(11-4-5-11)14(20)18(9-13(19)17-15)8-10-2-6-12(16)7-3-10/h2-3,6-7,11H,4-5,8-9H2,1H3,(H,17,19). The molecule has 3 rings (SSSR count). The van der Waals surface area contributed by atoms with Crippen LogP contribution in [0, 0.1) is 5.92 Å². The lowest BCUT2D eigenvalue weighted by atomic mass is 9.91. The molecule has 1 atom stereocenters. The predicted molar refractivity (Wildman–Crippen MR) is 78.8 cm³/mol. The number of rotatable bonds is 3. The van der Waals surface area contributed by atoms with Gasteiger partial charge in [-0.2, -0.15) is 0 Å². The summed E-state index contributed by atoms with van der Waals surface area (Å²) in [5.41, 5.74) is 0.333. The van der Waals surface area contributed by atoms with Gasteiger partial charge in [0.15, 0.2) is 0 Å². The van der Waals surface area contributed by atoms with Crippen LogP contribution in [0.25, 0.3) is 0 Å². The van der Waals surface area contributed by atoms with E-state index in [2.05, 4.69) is 21.2 Å². The number of halogens is 1. The molecule has 1 saturated carbocycles. The first-order valence-corrected chi connectivity index (χ1v) is 7.63. The Morgan fingerprint density at radius 2 is 1.95 bits per heavy atom. The largest absolute Gasteiger partial charge is 0.340 e. The van der Waals surface area contributed by atoms with Crippen LogP contribution in [-0.4, -0.2) is 28.8 Å². The summed E-state index contributed by atoms with van der Waals surface area (Å²) in [6, 6.07) is 7.84. The lowest BCUT2D eigenvalue weighted by Gasteiger charge is -2.40. The third-order valence-corrected chi connectivity index (χ3v) is 4.67. The summed E-state index contributed by atoms with van der Waals surface area (Å²) in [5, 5.41) is 2.89. The van der Waals surface area contributed by atoms with Crippen molar-refractivity contribution in [3.05, 3.63) is 34.3 Å². The number of hydrogen-bond acceptors (Lipinski definition) is 2. The maximum atomic E-state index is 12.6. The van der Waals surface area contributed by atoms with Crippen molar-refractivity contribution in [2.24, 2.45) is 5.92 Å². The number of piperazine rings is 1. The molecule has 0 spiro atoms. The Balaban J connectivity index is 1.79. The van der Waals surface area contributed by atoms with E-state index in [1.165, 1.54) is 0 Å². The quantitative estimate of drug-likeness (QED) is 0.918. The SMILES string of the molecule is CC1(C2CC2)NC(=O)CN(Cc2ccc(Br)cc2)C1=O. The maximum Gasteiger partial charge on any atom is 0.249 e. The molecule has 4 nitrogen and oxygen atoms in total. The number of benzene rings is 1. The number of nitrogens with one attached hydrogen (secondary N) is 1. The van der Waals surface area contributed by atoms with Crippen molar-refractivity contribution in [3.63, 3.8) is 0 Å². The average Bonchev–Trinajstić information content (AvgIpc) is 3.23. The van der Waals surface area contributed by atoms with E-state index in [-0.39, 0.29) is 18.4 Å². The third-order valence-electron chi connectivity index (χ3n) is 4.15. The monoisotopic (exact) mass is 336 g/mol. The van der Waals surface area contributed by atoms with Crippen molar-refractivity contribution in [3.8, 4) is 0 Å². The first-order chi connectivity index (χ1) is 9.49. The van der Waals surface area contributed by atoms with Gasteiger partial charge in [-0.3, -0.25) is 9.59 Å². The minimum atomic E-state index is -0.704. The summed E-state index contributed by atoms with van der Waals surface area (Å²) in [6.07, 6.45) is 2.04. The van der Waals surface area contributed by atoms with E-state index in [4.69, 9.17) is 0 Å². The normalized spacial score (nSPS) is 26.6. The summed E-state index contributed by atoms with van der Waals surface area (Å²) < 4.78 is 1.01. The topological polar surface area (TPSA) is 49.4 Å². The molecule has 1 N–H and O–H groups in total. The van der Waals surface area contributed by atoms with Crippen LogP contribution in [0.4, 0.5) is 0 Å². The summed E-state index contributed by atoms with van der Waals surface area (Å²) in [7, 11) is 0. The summed E-state index contributed by atoms with van der Waals surface area (Å²) >= 11 is 3.39. The molecule has 0 bridgehead atoms. The van der Waals surface area contributed by atoms with Crippen LogP contribution in [0.1, 0.15) is 25.3 Å². The molecule has 0 radical (unpaired) electrons. The van der Waals surface area contributed by atoms with Crippen molar-refractivity contribution < 1.29 is 9.59 Å². The average molecular weight is 337 g/mol. The molecule has 0 aromatic heterocycles. The Morgan fingerprint density at radius 3 is 2.55 bits per heavy atom. The molecule has 1 saturated heterocycles. The van der Waals surface area contributed by atoms with Gasteiger partial charge in [-0.1, -0.05) is 28.1 Å². The highest BCUT2D eigenvalue weighted by atomic mass is 79.9. The molecular weight excluding hydrogens is 320 g/mol. The van der Waals surface area contributed by atoms with Gasteiger partial charge in [0.25, 0.3) is 0 Å². The number of carbonyl (C=O) groups excluding carboxylic acids is 2. The van der Waals surface area contributed by atoms with Gasteiger partial charge in [-0.15, -0.1) is 0 Å². The highest BCUT2D eigenvalue weighted by Gasteiger charge is 2.52. The molecule has 1 heterocycles. The van der Waals surface area contributed by atoms with Crippen LogP contribution in [-0.2, 0) is 16.1 Å². The fourth-order valence-corrected chi connectivity index (χ4v) is 3.10.